The molecule has 0 bridgehead atoms. The quantitative estimate of drug-likeness (QED) is 0.565. The average Bonchev–Trinajstić information content (AvgIpc) is 3.62. The van der Waals surface area contributed by atoms with Gasteiger partial charge in [-0.05, 0) is 37.1 Å². The molecule has 1 saturated carbocycles. The number of methoxy groups -OCH3 is 2. The van der Waals surface area contributed by atoms with Gasteiger partial charge in [0.25, 0.3) is 11.5 Å². The Morgan fingerprint density at radius 1 is 1.00 bits per heavy atom. The van der Waals surface area contributed by atoms with E-state index in [-0.39, 0.29) is 39.5 Å². The molecule has 32 heavy (non-hydrogen) atoms. The van der Waals surface area contributed by atoms with Crippen LogP contribution in [0.5, 0.6) is 0 Å². The number of carbonyl (C=O) groups is 3. The summed E-state index contributed by atoms with van der Waals surface area (Å²) in [7, 11) is 2.37. The smallest absolute Gasteiger partial charge is 0.337 e. The number of nitrogens with one attached hydrogen (secondary N) is 2. The number of fused-ring (bicyclic) bond motifs is 1. The number of H-pyrrole nitrogens is 1. The highest BCUT2D eigenvalue weighted by atomic mass is 16.5. The number of ether oxygens (including phenoxy) is 2. The van der Waals surface area contributed by atoms with Crippen LogP contribution >= 0.6 is 0 Å². The zero-order valence-electron chi connectivity index (χ0n) is 17.1. The van der Waals surface area contributed by atoms with Gasteiger partial charge < -0.3 is 14.8 Å². The number of carbonyl (C=O) groups excluding carboxylic acids is 3. The molecule has 164 valence electrons. The normalized spacial score (nSPS) is 12.9. The van der Waals surface area contributed by atoms with Crippen LogP contribution in [-0.2, 0) is 9.47 Å². The second-order valence-corrected chi connectivity index (χ2v) is 7.19. The summed E-state index contributed by atoms with van der Waals surface area (Å²) in [5.41, 5.74) is -0.727. The van der Waals surface area contributed by atoms with E-state index in [0.717, 1.165) is 12.8 Å². The van der Waals surface area contributed by atoms with Gasteiger partial charge in [0.05, 0.1) is 36.3 Å². The third-order valence-corrected chi connectivity index (χ3v) is 4.99. The van der Waals surface area contributed by atoms with E-state index >= 15 is 0 Å². The second-order valence-electron chi connectivity index (χ2n) is 7.19. The van der Waals surface area contributed by atoms with E-state index in [2.05, 4.69) is 24.8 Å². The van der Waals surface area contributed by atoms with Crippen molar-refractivity contribution in [2.45, 2.75) is 18.9 Å². The van der Waals surface area contributed by atoms with Crippen LogP contribution in [0.15, 0.2) is 40.1 Å². The molecule has 11 heteroatoms. The third kappa shape index (κ3) is 3.87. The van der Waals surface area contributed by atoms with Crippen molar-refractivity contribution in [3.05, 3.63) is 68.0 Å². The van der Waals surface area contributed by atoms with Crippen LogP contribution < -0.4 is 16.6 Å². The minimum Gasteiger partial charge on any atom is -0.465 e. The highest BCUT2D eigenvalue weighted by Crippen LogP contribution is 2.34. The second kappa shape index (κ2) is 8.10. The summed E-state index contributed by atoms with van der Waals surface area (Å²) >= 11 is 0. The fourth-order valence-electron chi connectivity index (χ4n) is 3.31. The first-order valence-electron chi connectivity index (χ1n) is 9.60. The van der Waals surface area contributed by atoms with E-state index < -0.39 is 29.1 Å². The molecule has 1 aliphatic rings. The Balaban J connectivity index is 1.71. The largest absolute Gasteiger partial charge is 0.465 e. The Kier molecular flexibility index (Phi) is 5.31. The lowest BCUT2D eigenvalue weighted by atomic mass is 10.1. The third-order valence-electron chi connectivity index (χ3n) is 4.99. The number of pyridine rings is 1. The summed E-state index contributed by atoms with van der Waals surface area (Å²) in [6.45, 7) is 0. The van der Waals surface area contributed by atoms with Gasteiger partial charge in [-0.2, -0.15) is 0 Å². The highest BCUT2D eigenvalue weighted by Gasteiger charge is 2.28. The number of hydrogen-bond donors (Lipinski definition) is 2. The zero-order valence-corrected chi connectivity index (χ0v) is 17.1. The number of hydrogen-bond acceptors (Lipinski definition) is 8. The lowest BCUT2D eigenvalue weighted by Crippen LogP contribution is -2.30. The van der Waals surface area contributed by atoms with Crippen molar-refractivity contribution in [2.75, 3.05) is 19.5 Å². The lowest BCUT2D eigenvalue weighted by molar-refractivity contribution is 0.0599. The summed E-state index contributed by atoms with van der Waals surface area (Å²) in [6.07, 6.45) is 2.87. The topological polar surface area (TPSA) is 149 Å². The molecule has 1 aromatic carbocycles. The van der Waals surface area contributed by atoms with E-state index in [1.807, 2.05) is 0 Å². The van der Waals surface area contributed by atoms with Gasteiger partial charge in [0.15, 0.2) is 0 Å². The Bertz CT molecular complexity index is 1350. The maximum absolute atomic E-state index is 12.8. The van der Waals surface area contributed by atoms with Crippen LogP contribution in [0.1, 0.15) is 50.0 Å². The maximum atomic E-state index is 12.8. The number of aromatic amines is 1. The molecule has 1 aliphatic carbocycles. The molecular formula is C21H18N4O7. The van der Waals surface area contributed by atoms with Gasteiger partial charge in [-0.25, -0.2) is 19.4 Å². The Hall–Kier alpha value is -4.28. The van der Waals surface area contributed by atoms with Crippen molar-refractivity contribution in [3.8, 4) is 0 Å². The van der Waals surface area contributed by atoms with Crippen molar-refractivity contribution < 1.29 is 23.9 Å². The Morgan fingerprint density at radius 3 is 2.19 bits per heavy atom. The molecular weight excluding hydrogens is 420 g/mol. The van der Waals surface area contributed by atoms with Crippen LogP contribution in [0.4, 0.5) is 5.69 Å². The molecule has 0 radical (unpaired) electrons. The Morgan fingerprint density at radius 2 is 1.62 bits per heavy atom. The van der Waals surface area contributed by atoms with Crippen molar-refractivity contribution in [1.29, 1.82) is 0 Å². The molecule has 0 unspecified atom stereocenters. The average molecular weight is 438 g/mol. The molecule has 1 amide bonds. The summed E-state index contributed by atoms with van der Waals surface area (Å²) in [4.78, 5) is 67.5. The summed E-state index contributed by atoms with van der Waals surface area (Å²) in [6, 6.07) is 5.26. The molecule has 2 aromatic heterocycles. The fraction of sp³-hybridized carbons (Fsp3) is 0.238. The molecule has 0 aliphatic heterocycles. The molecule has 0 spiro atoms. The van der Waals surface area contributed by atoms with Crippen molar-refractivity contribution in [1.82, 2.24) is 14.5 Å². The van der Waals surface area contributed by atoms with Gasteiger partial charge in [-0.1, -0.05) is 0 Å². The molecule has 2 heterocycles. The number of aromatic nitrogens is 3. The summed E-state index contributed by atoms with van der Waals surface area (Å²) < 4.78 is 10.8. The van der Waals surface area contributed by atoms with Crippen LogP contribution in [0, 0.1) is 0 Å². The first kappa shape index (κ1) is 21.0. The number of nitrogens with zero attached hydrogens (tertiary/aromatic N) is 2. The molecule has 0 atom stereocenters. The fourth-order valence-corrected chi connectivity index (χ4v) is 3.31. The van der Waals surface area contributed by atoms with Crippen molar-refractivity contribution in [3.63, 3.8) is 0 Å². The molecule has 2 N–H and O–H groups in total. The minimum absolute atomic E-state index is 0.0215. The number of rotatable bonds is 5. The summed E-state index contributed by atoms with van der Waals surface area (Å²) in [5, 5.41) is 2.67. The van der Waals surface area contributed by atoms with Crippen LogP contribution in [0.25, 0.3) is 11.0 Å². The predicted molar refractivity (Wildman–Crippen MR) is 112 cm³/mol. The molecule has 1 fully saturated rings. The van der Waals surface area contributed by atoms with E-state index in [1.54, 1.807) is 0 Å². The van der Waals surface area contributed by atoms with Crippen LogP contribution in [0.3, 0.4) is 0 Å². The number of benzene rings is 1. The zero-order chi connectivity index (χ0) is 23.0. The first-order chi connectivity index (χ1) is 15.3. The molecule has 3 aromatic rings. The number of esters is 2. The van der Waals surface area contributed by atoms with Crippen molar-refractivity contribution >= 4 is 34.6 Å². The predicted octanol–water partition coefficient (Wildman–Crippen LogP) is 1.25. The van der Waals surface area contributed by atoms with Gasteiger partial charge in [-0.15, -0.1) is 0 Å². The van der Waals surface area contributed by atoms with E-state index in [9.17, 15) is 24.0 Å². The lowest BCUT2D eigenvalue weighted by Gasteiger charge is -2.11. The monoisotopic (exact) mass is 438 g/mol. The first-order valence-corrected chi connectivity index (χ1v) is 9.60. The van der Waals surface area contributed by atoms with Crippen LogP contribution in [-0.4, -0.2) is 46.6 Å². The molecule has 0 saturated heterocycles. The number of anilines is 1. The van der Waals surface area contributed by atoms with Gasteiger partial charge in [-0.3, -0.25) is 19.1 Å². The number of amides is 1. The van der Waals surface area contributed by atoms with Crippen molar-refractivity contribution in [2.24, 2.45) is 0 Å². The summed E-state index contributed by atoms with van der Waals surface area (Å²) in [5.74, 6) is -2.05. The van der Waals surface area contributed by atoms with Gasteiger partial charge >= 0.3 is 17.6 Å². The van der Waals surface area contributed by atoms with Gasteiger partial charge in [0.1, 0.15) is 5.65 Å². The molecule has 4 rings (SSSR count). The SMILES string of the molecule is COC(=O)c1cc(NC(=O)c2cnc3c(c2)c(=O)[nH]c(=O)n3C2CC2)cc(C(=O)OC)c1. The van der Waals surface area contributed by atoms with Gasteiger partial charge in [0, 0.05) is 17.9 Å². The van der Waals surface area contributed by atoms with E-state index in [1.165, 1.54) is 49.2 Å². The maximum Gasteiger partial charge on any atom is 0.337 e. The molecule has 11 nitrogen and oxygen atoms in total. The van der Waals surface area contributed by atoms with E-state index in [4.69, 9.17) is 0 Å². The van der Waals surface area contributed by atoms with E-state index in [0.29, 0.717) is 0 Å². The van der Waals surface area contributed by atoms with Crippen LogP contribution in [0.2, 0.25) is 0 Å². The Labute approximate surface area is 180 Å². The standard InChI is InChI=1S/C21H18N4O7/c1-31-19(28)10-5-11(20(29)32-2)7-13(6-10)23-17(26)12-8-15-16(22-9-12)25(14-3-4-14)21(30)24-18(15)27/h5-9,14H,3-4H2,1-2H3,(H,23,26)(H,24,27,30). The highest BCUT2D eigenvalue weighted by molar-refractivity contribution is 6.07. The minimum atomic E-state index is -0.705. The van der Waals surface area contributed by atoms with Gasteiger partial charge in [0.2, 0.25) is 0 Å².